The number of esters is 1. The zero-order valence-electron chi connectivity index (χ0n) is 9.26. The maximum Gasteiger partial charge on any atom is 0.539 e. The fraction of sp³-hybridized carbons (Fsp3) is 0.500. The van der Waals surface area contributed by atoms with Gasteiger partial charge in [-0.05, 0) is 0 Å². The van der Waals surface area contributed by atoms with Crippen LogP contribution in [0.25, 0.3) is 0 Å². The summed E-state index contributed by atoms with van der Waals surface area (Å²) in [5, 5.41) is 8.27. The molecule has 0 aliphatic carbocycles. The first-order valence-electron chi connectivity index (χ1n) is 4.23. The molecule has 0 aromatic rings. The van der Waals surface area contributed by atoms with E-state index < -0.39 is 20.7 Å². The number of hydrogen-bond donors (Lipinski definition) is 1. The fourth-order valence-electron chi connectivity index (χ4n) is 0.774. The Kier molecular flexibility index (Phi) is 6.57. The molecule has 7 nitrogen and oxygen atoms in total. The summed E-state index contributed by atoms with van der Waals surface area (Å²) in [5.41, 5.74) is 0. The van der Waals surface area contributed by atoms with Gasteiger partial charge in [-0.2, -0.15) is 0 Å². The molecule has 0 radical (unpaired) electrons. The minimum Gasteiger partial charge on any atom is -0.478 e. The Morgan fingerprint density at radius 1 is 1.12 bits per heavy atom. The van der Waals surface area contributed by atoms with Gasteiger partial charge in [0.1, 0.15) is 0 Å². The van der Waals surface area contributed by atoms with Gasteiger partial charge >= 0.3 is 20.7 Å². The Balaban J connectivity index is 4.21. The number of carboxylic acid groups (broad SMARTS) is 1. The number of carboxylic acids is 1. The number of hydrogen-bond acceptors (Lipinski definition) is 6. The van der Waals surface area contributed by atoms with Crippen LogP contribution in [0.2, 0.25) is 0 Å². The lowest BCUT2D eigenvalue weighted by Gasteiger charge is -2.23. The molecule has 0 bridgehead atoms. The van der Waals surface area contributed by atoms with Gasteiger partial charge < -0.3 is 23.1 Å². The van der Waals surface area contributed by atoms with Gasteiger partial charge in [0.15, 0.2) is 6.23 Å². The number of rotatable bonds is 7. The Hall–Kier alpha value is -1.22. The highest BCUT2D eigenvalue weighted by atomic mass is 28.4. The molecule has 92 valence electrons. The summed E-state index contributed by atoms with van der Waals surface area (Å²) in [6.45, 7) is 0. The highest BCUT2D eigenvalue weighted by Gasteiger charge is 2.39. The van der Waals surface area contributed by atoms with E-state index >= 15 is 0 Å². The number of aliphatic carboxylic acids is 1. The molecule has 0 spiro atoms. The van der Waals surface area contributed by atoms with Crippen molar-refractivity contribution in [1.29, 1.82) is 0 Å². The van der Waals surface area contributed by atoms with Crippen LogP contribution in [0.5, 0.6) is 0 Å². The van der Waals surface area contributed by atoms with Crippen LogP contribution in [0.15, 0.2) is 12.2 Å². The van der Waals surface area contributed by atoms with Crippen LogP contribution >= 0.6 is 0 Å². The second kappa shape index (κ2) is 7.12. The molecule has 0 aliphatic rings. The van der Waals surface area contributed by atoms with Crippen molar-refractivity contribution in [3.8, 4) is 0 Å². The van der Waals surface area contributed by atoms with Crippen LogP contribution in [-0.4, -0.2) is 53.4 Å². The summed E-state index contributed by atoms with van der Waals surface area (Å²) in [4.78, 5) is 21.1. The van der Waals surface area contributed by atoms with E-state index in [0.29, 0.717) is 6.08 Å². The molecule has 0 fully saturated rings. The second-order valence-corrected chi connectivity index (χ2v) is 5.45. The minimum absolute atomic E-state index is 0.181. The third-order valence-corrected chi connectivity index (χ3v) is 4.05. The quantitative estimate of drug-likeness (QED) is 0.373. The van der Waals surface area contributed by atoms with E-state index in [1.54, 1.807) is 0 Å². The molecule has 0 aliphatic heterocycles. The van der Waals surface area contributed by atoms with Crippen molar-refractivity contribution in [3.63, 3.8) is 0 Å². The van der Waals surface area contributed by atoms with Crippen molar-refractivity contribution in [2.75, 3.05) is 27.6 Å². The highest BCUT2D eigenvalue weighted by molar-refractivity contribution is 6.60. The number of ether oxygens (including phenoxy) is 1. The fourth-order valence-corrected chi connectivity index (χ4v) is 1.95. The van der Waals surface area contributed by atoms with Gasteiger partial charge in [0.25, 0.3) is 0 Å². The first kappa shape index (κ1) is 14.8. The van der Waals surface area contributed by atoms with Gasteiger partial charge in [0.05, 0.1) is 0 Å². The molecule has 0 rings (SSSR count). The Morgan fingerprint density at radius 2 is 1.62 bits per heavy atom. The van der Waals surface area contributed by atoms with Crippen molar-refractivity contribution in [3.05, 3.63) is 12.2 Å². The largest absolute Gasteiger partial charge is 0.539 e. The van der Waals surface area contributed by atoms with Gasteiger partial charge in [0, 0.05) is 33.5 Å². The van der Waals surface area contributed by atoms with E-state index in [2.05, 4.69) is 0 Å². The summed E-state index contributed by atoms with van der Waals surface area (Å²) in [5.74, 6) is -2.03. The summed E-state index contributed by atoms with van der Waals surface area (Å²) in [6, 6.07) is 0. The van der Waals surface area contributed by atoms with Crippen LogP contribution in [0.4, 0.5) is 0 Å². The predicted octanol–water partition coefficient (Wildman–Crippen LogP) is -0.412. The normalized spacial score (nSPS) is 11.7. The van der Waals surface area contributed by atoms with E-state index in [1.807, 2.05) is 0 Å². The Morgan fingerprint density at radius 3 is 2.00 bits per heavy atom. The number of carbonyl (C=O) groups is 2. The lowest BCUT2D eigenvalue weighted by molar-refractivity contribution is -0.138. The minimum atomic E-state index is -2.96. The third kappa shape index (κ3) is 5.03. The molecular formula is C8H14O7Si. The Labute approximate surface area is 93.9 Å². The summed E-state index contributed by atoms with van der Waals surface area (Å²) in [7, 11) is 1.16. The van der Waals surface area contributed by atoms with E-state index in [9.17, 15) is 9.59 Å². The molecule has 1 N–H and O–H groups in total. The topological polar surface area (TPSA) is 91.3 Å². The summed E-state index contributed by atoms with van der Waals surface area (Å²) < 4.78 is 19.7. The molecule has 0 unspecified atom stereocenters. The SMILES string of the molecule is CO[Si](COC(=O)/C=C/C(=O)O)(OC)OC. The van der Waals surface area contributed by atoms with E-state index in [1.165, 1.54) is 21.3 Å². The van der Waals surface area contributed by atoms with Gasteiger partial charge in [-0.1, -0.05) is 0 Å². The third-order valence-electron chi connectivity index (χ3n) is 1.69. The van der Waals surface area contributed by atoms with Crippen molar-refractivity contribution in [2.45, 2.75) is 0 Å². The molecule has 0 heterocycles. The average molecular weight is 250 g/mol. The maximum absolute atomic E-state index is 11.0. The first-order valence-corrected chi connectivity index (χ1v) is 6.16. The zero-order chi connectivity index (χ0) is 12.6. The molecule has 8 heteroatoms. The molecule has 0 saturated heterocycles. The maximum atomic E-state index is 11.0. The van der Waals surface area contributed by atoms with Gasteiger partial charge in [-0.3, -0.25) is 0 Å². The van der Waals surface area contributed by atoms with E-state index in [4.69, 9.17) is 23.1 Å². The molecule has 0 aromatic carbocycles. The monoisotopic (exact) mass is 250 g/mol. The van der Waals surface area contributed by atoms with E-state index in [0.717, 1.165) is 6.08 Å². The van der Waals surface area contributed by atoms with Crippen molar-refractivity contribution in [1.82, 2.24) is 0 Å². The average Bonchev–Trinajstić information content (AvgIpc) is 2.29. The van der Waals surface area contributed by atoms with E-state index in [-0.39, 0.29) is 6.23 Å². The van der Waals surface area contributed by atoms with Crippen molar-refractivity contribution >= 4 is 20.7 Å². The number of carbonyl (C=O) groups excluding carboxylic acids is 1. The Bertz CT molecular complexity index is 263. The summed E-state index contributed by atoms with van der Waals surface area (Å²) in [6.07, 6.45) is 1.29. The standard InChI is InChI=1S/C8H14O7Si/c1-12-16(13-2,14-3)6-15-8(11)5-4-7(9)10/h4-5H,6H2,1-3H3,(H,9,10)/b5-4+. The van der Waals surface area contributed by atoms with Crippen LogP contribution in [0.1, 0.15) is 0 Å². The second-order valence-electron chi connectivity index (χ2n) is 2.57. The molecular weight excluding hydrogens is 236 g/mol. The van der Waals surface area contributed by atoms with Crippen LogP contribution in [-0.2, 0) is 27.6 Å². The predicted molar refractivity (Wildman–Crippen MR) is 54.5 cm³/mol. The van der Waals surface area contributed by atoms with Crippen LogP contribution in [0, 0.1) is 0 Å². The van der Waals surface area contributed by atoms with Crippen molar-refractivity contribution in [2.24, 2.45) is 0 Å². The molecule has 16 heavy (non-hydrogen) atoms. The van der Waals surface area contributed by atoms with Gasteiger partial charge in [-0.25, -0.2) is 9.59 Å². The van der Waals surface area contributed by atoms with Crippen LogP contribution in [0.3, 0.4) is 0 Å². The van der Waals surface area contributed by atoms with Gasteiger partial charge in [0.2, 0.25) is 0 Å². The molecule has 0 amide bonds. The lowest BCUT2D eigenvalue weighted by Crippen LogP contribution is -2.48. The van der Waals surface area contributed by atoms with Crippen molar-refractivity contribution < 1.29 is 32.7 Å². The highest BCUT2D eigenvalue weighted by Crippen LogP contribution is 2.06. The molecule has 0 saturated carbocycles. The van der Waals surface area contributed by atoms with Crippen LogP contribution < -0.4 is 0 Å². The van der Waals surface area contributed by atoms with Gasteiger partial charge in [-0.15, -0.1) is 0 Å². The summed E-state index contributed by atoms with van der Waals surface area (Å²) >= 11 is 0. The molecule has 0 aromatic heterocycles. The zero-order valence-corrected chi connectivity index (χ0v) is 10.3. The lowest BCUT2D eigenvalue weighted by atomic mass is 10.5. The molecule has 0 atom stereocenters. The first-order chi connectivity index (χ1) is 7.49. The smallest absolute Gasteiger partial charge is 0.478 e.